The molecule has 0 saturated heterocycles. The molecule has 0 atom stereocenters. The molecule has 266 valence electrons. The summed E-state index contributed by atoms with van der Waals surface area (Å²) in [6.45, 7) is 0. The summed E-state index contributed by atoms with van der Waals surface area (Å²) >= 11 is 0. The Bertz CT molecular complexity index is 3510. The topological polar surface area (TPSA) is 25.6 Å². The van der Waals surface area contributed by atoms with Gasteiger partial charge in [-0.25, -0.2) is 0 Å². The van der Waals surface area contributed by atoms with Gasteiger partial charge in [-0.15, -0.1) is 0 Å². The van der Waals surface area contributed by atoms with Crippen LogP contribution >= 0.6 is 0 Å². The SMILES string of the molecule is c1ccc(-c2cccc(-n3c4ccccc4c4cc(-c5ccc6c(c5)c5cc(-c7cccc8[nH]c9ccccc9c78)ccc5n6-c5ccccc5)ccc43)c2)cc1. The number of nitrogens with zero attached hydrogens (tertiary/aromatic N) is 2. The summed E-state index contributed by atoms with van der Waals surface area (Å²) in [5.74, 6) is 0. The molecule has 0 unspecified atom stereocenters. The summed E-state index contributed by atoms with van der Waals surface area (Å²) in [5.41, 5.74) is 16.7. The number of aromatic amines is 1. The first kappa shape index (κ1) is 31.7. The van der Waals surface area contributed by atoms with Gasteiger partial charge in [0, 0.05) is 54.7 Å². The van der Waals surface area contributed by atoms with Crippen molar-refractivity contribution in [1.29, 1.82) is 0 Å². The average Bonchev–Trinajstić information content (AvgIpc) is 3.94. The Kier molecular flexibility index (Phi) is 6.93. The lowest BCUT2D eigenvalue weighted by atomic mass is 9.97. The normalized spacial score (nSPS) is 11.9. The van der Waals surface area contributed by atoms with E-state index in [0.29, 0.717) is 0 Å². The maximum Gasteiger partial charge on any atom is 0.0541 e. The molecule has 9 aromatic carbocycles. The van der Waals surface area contributed by atoms with Gasteiger partial charge in [-0.05, 0) is 112 Å². The van der Waals surface area contributed by atoms with E-state index < -0.39 is 0 Å². The zero-order chi connectivity index (χ0) is 37.5. The van der Waals surface area contributed by atoms with E-state index in [2.05, 4.69) is 220 Å². The summed E-state index contributed by atoms with van der Waals surface area (Å²) in [4.78, 5) is 3.64. The van der Waals surface area contributed by atoms with Crippen molar-refractivity contribution in [3.05, 3.63) is 206 Å². The van der Waals surface area contributed by atoms with Gasteiger partial charge in [-0.2, -0.15) is 0 Å². The lowest BCUT2D eigenvalue weighted by molar-refractivity contribution is 1.18. The van der Waals surface area contributed by atoms with Crippen molar-refractivity contribution in [2.75, 3.05) is 0 Å². The molecule has 0 aliphatic carbocycles. The fourth-order valence-electron chi connectivity index (χ4n) is 9.25. The van der Waals surface area contributed by atoms with Crippen LogP contribution in [0.5, 0.6) is 0 Å². The molecule has 0 aliphatic heterocycles. The Morgan fingerprint density at radius 2 is 0.772 bits per heavy atom. The van der Waals surface area contributed by atoms with Crippen LogP contribution in [0.3, 0.4) is 0 Å². The van der Waals surface area contributed by atoms with Gasteiger partial charge in [-0.1, -0.05) is 127 Å². The van der Waals surface area contributed by atoms with Crippen molar-refractivity contribution >= 4 is 65.4 Å². The molecule has 3 aromatic heterocycles. The summed E-state index contributed by atoms with van der Waals surface area (Å²) in [5, 5.41) is 7.48. The molecular formula is C54H35N3. The number of H-pyrrole nitrogens is 1. The number of benzene rings is 9. The van der Waals surface area contributed by atoms with E-state index in [9.17, 15) is 0 Å². The van der Waals surface area contributed by atoms with E-state index in [1.54, 1.807) is 0 Å². The van der Waals surface area contributed by atoms with Crippen LogP contribution in [0, 0.1) is 0 Å². The van der Waals surface area contributed by atoms with E-state index in [4.69, 9.17) is 0 Å². The minimum atomic E-state index is 1.15. The second-order valence-electron chi connectivity index (χ2n) is 15.0. The lowest BCUT2D eigenvalue weighted by Crippen LogP contribution is -1.94. The van der Waals surface area contributed by atoms with Gasteiger partial charge in [0.1, 0.15) is 0 Å². The average molecular weight is 726 g/mol. The first-order valence-corrected chi connectivity index (χ1v) is 19.6. The number of para-hydroxylation sites is 3. The smallest absolute Gasteiger partial charge is 0.0541 e. The number of aromatic nitrogens is 3. The van der Waals surface area contributed by atoms with Crippen molar-refractivity contribution in [1.82, 2.24) is 14.1 Å². The van der Waals surface area contributed by atoms with Gasteiger partial charge in [0.15, 0.2) is 0 Å². The highest BCUT2D eigenvalue weighted by atomic mass is 15.0. The predicted octanol–water partition coefficient (Wildman–Crippen LogP) is 14.5. The zero-order valence-electron chi connectivity index (χ0n) is 31.0. The van der Waals surface area contributed by atoms with Crippen molar-refractivity contribution in [3.8, 4) is 44.8 Å². The quantitative estimate of drug-likeness (QED) is 0.183. The van der Waals surface area contributed by atoms with E-state index in [1.807, 2.05) is 0 Å². The Labute approximate surface area is 329 Å². The van der Waals surface area contributed by atoms with Gasteiger partial charge in [0.2, 0.25) is 0 Å². The molecule has 1 N–H and O–H groups in total. The van der Waals surface area contributed by atoms with Crippen molar-refractivity contribution < 1.29 is 0 Å². The number of hydrogen-bond acceptors (Lipinski definition) is 0. The summed E-state index contributed by atoms with van der Waals surface area (Å²) < 4.78 is 4.82. The Hall–Kier alpha value is -7.62. The zero-order valence-corrected chi connectivity index (χ0v) is 31.0. The number of fused-ring (bicyclic) bond motifs is 9. The maximum absolute atomic E-state index is 3.64. The van der Waals surface area contributed by atoms with Crippen LogP contribution in [0.2, 0.25) is 0 Å². The Morgan fingerprint density at radius 3 is 1.53 bits per heavy atom. The van der Waals surface area contributed by atoms with Crippen molar-refractivity contribution in [2.24, 2.45) is 0 Å². The first-order valence-electron chi connectivity index (χ1n) is 19.6. The molecule has 0 aliphatic rings. The minimum absolute atomic E-state index is 1.15. The van der Waals surface area contributed by atoms with Crippen LogP contribution in [0.4, 0.5) is 0 Å². The summed E-state index contributed by atoms with van der Waals surface area (Å²) in [6, 6.07) is 75.2. The van der Waals surface area contributed by atoms with Crippen LogP contribution in [0.25, 0.3) is 110 Å². The molecule has 0 saturated carbocycles. The number of hydrogen-bond donors (Lipinski definition) is 1. The van der Waals surface area contributed by atoms with Gasteiger partial charge in [0.05, 0.1) is 22.1 Å². The molecule has 12 aromatic rings. The summed E-state index contributed by atoms with van der Waals surface area (Å²) in [7, 11) is 0. The third kappa shape index (κ3) is 4.92. The molecule has 3 heteroatoms. The van der Waals surface area contributed by atoms with Crippen LogP contribution in [-0.2, 0) is 0 Å². The molecule has 3 nitrogen and oxygen atoms in total. The molecule has 3 heterocycles. The molecule has 0 spiro atoms. The largest absolute Gasteiger partial charge is 0.354 e. The van der Waals surface area contributed by atoms with Gasteiger partial charge < -0.3 is 14.1 Å². The van der Waals surface area contributed by atoms with Crippen molar-refractivity contribution in [2.45, 2.75) is 0 Å². The lowest BCUT2D eigenvalue weighted by Gasteiger charge is -2.11. The first-order chi connectivity index (χ1) is 28.3. The van der Waals surface area contributed by atoms with Gasteiger partial charge in [0.25, 0.3) is 0 Å². The molecule has 0 amide bonds. The fourth-order valence-corrected chi connectivity index (χ4v) is 9.25. The highest BCUT2D eigenvalue weighted by molar-refractivity contribution is 6.17. The molecular weight excluding hydrogens is 691 g/mol. The Balaban J connectivity index is 1.05. The Morgan fingerprint density at radius 1 is 0.281 bits per heavy atom. The standard InChI is InChI=1S/C54H35N3/c1-3-13-35(14-4-1)36-15-11-18-41(31-36)57-50-24-10-8-19-43(50)45-32-37(25-28-51(45)57)38-26-29-52-46(33-38)47-34-39(27-30-53(47)56(52)40-16-5-2-6-17-40)42-21-12-23-49-54(42)44-20-7-9-22-48(44)55-49/h1-34,55H. The highest BCUT2D eigenvalue weighted by Gasteiger charge is 2.18. The molecule has 0 radical (unpaired) electrons. The van der Waals surface area contributed by atoms with E-state index in [0.717, 1.165) is 22.4 Å². The third-order valence-corrected chi connectivity index (χ3v) is 11.8. The van der Waals surface area contributed by atoms with Gasteiger partial charge >= 0.3 is 0 Å². The summed E-state index contributed by atoms with van der Waals surface area (Å²) in [6.07, 6.45) is 0. The second-order valence-corrected chi connectivity index (χ2v) is 15.0. The minimum Gasteiger partial charge on any atom is -0.354 e. The second kappa shape index (κ2) is 12.5. The molecule has 57 heavy (non-hydrogen) atoms. The fraction of sp³-hybridized carbons (Fsp3) is 0. The van der Waals surface area contributed by atoms with Crippen LogP contribution in [-0.4, -0.2) is 14.1 Å². The highest BCUT2D eigenvalue weighted by Crippen LogP contribution is 2.41. The van der Waals surface area contributed by atoms with Crippen LogP contribution in [0.15, 0.2) is 206 Å². The number of nitrogens with one attached hydrogen (secondary N) is 1. The van der Waals surface area contributed by atoms with E-state index in [1.165, 1.54) is 87.8 Å². The molecule has 0 bridgehead atoms. The van der Waals surface area contributed by atoms with Crippen molar-refractivity contribution in [3.63, 3.8) is 0 Å². The van der Waals surface area contributed by atoms with E-state index in [-0.39, 0.29) is 0 Å². The van der Waals surface area contributed by atoms with Crippen LogP contribution in [0.1, 0.15) is 0 Å². The maximum atomic E-state index is 3.64. The van der Waals surface area contributed by atoms with Gasteiger partial charge in [-0.3, -0.25) is 0 Å². The van der Waals surface area contributed by atoms with E-state index >= 15 is 0 Å². The monoisotopic (exact) mass is 725 g/mol. The molecule has 12 rings (SSSR count). The predicted molar refractivity (Wildman–Crippen MR) is 241 cm³/mol. The number of rotatable bonds is 5. The molecule has 0 fully saturated rings. The third-order valence-electron chi connectivity index (χ3n) is 11.8. The van der Waals surface area contributed by atoms with Crippen LogP contribution < -0.4 is 0 Å².